The quantitative estimate of drug-likeness (QED) is 0.713. The van der Waals surface area contributed by atoms with E-state index in [4.69, 9.17) is 4.74 Å². The molecule has 34 heavy (non-hydrogen) atoms. The average molecular weight is 464 g/mol. The second-order valence-electron chi connectivity index (χ2n) is 9.21. The number of benzene rings is 2. The summed E-state index contributed by atoms with van der Waals surface area (Å²) in [6, 6.07) is 14.0. The Balaban J connectivity index is 1.45. The number of ether oxygens (including phenoxy) is 1. The van der Waals surface area contributed by atoms with Gasteiger partial charge in [-0.15, -0.1) is 0 Å². The first-order valence-electron chi connectivity index (χ1n) is 12.1. The summed E-state index contributed by atoms with van der Waals surface area (Å²) in [4.78, 5) is 43.1. The van der Waals surface area contributed by atoms with Crippen molar-refractivity contribution < 1.29 is 19.1 Å². The van der Waals surface area contributed by atoms with Crippen LogP contribution in [0.2, 0.25) is 0 Å². The van der Waals surface area contributed by atoms with Gasteiger partial charge >= 0.3 is 0 Å². The molecular formula is C27H33N3O4. The summed E-state index contributed by atoms with van der Waals surface area (Å²) in [7, 11) is 1.58. The highest BCUT2D eigenvalue weighted by Gasteiger charge is 2.37. The zero-order chi connectivity index (χ0) is 24.1. The number of piperidine rings is 1. The number of likely N-dealkylation sites (tertiary alicyclic amines) is 2. The largest absolute Gasteiger partial charge is 0.497 e. The van der Waals surface area contributed by atoms with E-state index in [1.54, 1.807) is 25.3 Å². The molecule has 3 amide bonds. The normalized spacial score (nSPS) is 17.4. The lowest BCUT2D eigenvalue weighted by Gasteiger charge is -2.37. The molecule has 2 heterocycles. The van der Waals surface area contributed by atoms with Gasteiger partial charge in [0, 0.05) is 37.3 Å². The van der Waals surface area contributed by atoms with Gasteiger partial charge in [-0.2, -0.15) is 0 Å². The molecule has 0 aliphatic carbocycles. The van der Waals surface area contributed by atoms with Crippen molar-refractivity contribution >= 4 is 17.7 Å². The van der Waals surface area contributed by atoms with E-state index in [-0.39, 0.29) is 23.6 Å². The number of hydrogen-bond donors (Lipinski definition) is 1. The van der Waals surface area contributed by atoms with Crippen LogP contribution in [-0.4, -0.2) is 66.9 Å². The molecule has 1 unspecified atom stereocenters. The molecule has 0 spiro atoms. The first kappa shape index (κ1) is 23.8. The number of aryl methyl sites for hydroxylation is 1. The second kappa shape index (κ2) is 10.7. The van der Waals surface area contributed by atoms with Crippen molar-refractivity contribution in [2.45, 2.75) is 38.6 Å². The lowest BCUT2D eigenvalue weighted by atomic mass is 9.88. The van der Waals surface area contributed by atoms with Crippen LogP contribution in [0, 0.1) is 12.8 Å². The topological polar surface area (TPSA) is 79.0 Å². The molecule has 2 aromatic rings. The monoisotopic (exact) mass is 463 g/mol. The Morgan fingerprint density at radius 3 is 2.26 bits per heavy atom. The Morgan fingerprint density at radius 2 is 1.59 bits per heavy atom. The highest BCUT2D eigenvalue weighted by Crippen LogP contribution is 2.25. The van der Waals surface area contributed by atoms with Gasteiger partial charge in [0.05, 0.1) is 7.11 Å². The summed E-state index contributed by atoms with van der Waals surface area (Å²) in [6.07, 6.45) is 3.32. The summed E-state index contributed by atoms with van der Waals surface area (Å²) in [5, 5.41) is 3.05. The van der Waals surface area contributed by atoms with Gasteiger partial charge < -0.3 is 19.9 Å². The first-order valence-corrected chi connectivity index (χ1v) is 12.1. The molecule has 0 radical (unpaired) electrons. The molecule has 4 rings (SSSR count). The fourth-order valence-electron chi connectivity index (χ4n) is 4.90. The van der Waals surface area contributed by atoms with E-state index < -0.39 is 6.04 Å². The molecule has 1 atom stereocenters. The standard InChI is InChI=1S/C27H33N3O4/c1-19-7-5-8-21(17-19)25(31)28-24(27(33)29-13-3-4-14-29)20-11-15-30(16-12-20)26(32)22-9-6-10-23(18-22)34-2/h5-10,17-18,20,24H,3-4,11-16H2,1-2H3,(H,28,31). The van der Waals surface area contributed by atoms with Crippen molar-refractivity contribution in [3.8, 4) is 5.75 Å². The molecule has 180 valence electrons. The van der Waals surface area contributed by atoms with Crippen LogP contribution >= 0.6 is 0 Å². The molecule has 2 aliphatic rings. The zero-order valence-electron chi connectivity index (χ0n) is 20.0. The summed E-state index contributed by atoms with van der Waals surface area (Å²) in [5.74, 6) is 0.364. The number of nitrogens with zero attached hydrogens (tertiary/aromatic N) is 2. The van der Waals surface area contributed by atoms with E-state index in [2.05, 4.69) is 5.32 Å². The maximum absolute atomic E-state index is 13.4. The van der Waals surface area contributed by atoms with Gasteiger partial charge in [-0.05, 0) is 68.9 Å². The van der Waals surface area contributed by atoms with Gasteiger partial charge in [0.2, 0.25) is 5.91 Å². The van der Waals surface area contributed by atoms with Crippen molar-refractivity contribution in [3.63, 3.8) is 0 Å². The smallest absolute Gasteiger partial charge is 0.253 e. The van der Waals surface area contributed by atoms with Crippen molar-refractivity contribution in [1.29, 1.82) is 0 Å². The van der Waals surface area contributed by atoms with Crippen molar-refractivity contribution in [3.05, 3.63) is 65.2 Å². The Morgan fingerprint density at radius 1 is 0.912 bits per heavy atom. The Kier molecular flexibility index (Phi) is 7.50. The molecular weight excluding hydrogens is 430 g/mol. The maximum atomic E-state index is 13.4. The van der Waals surface area contributed by atoms with Gasteiger partial charge in [-0.25, -0.2) is 0 Å². The molecule has 7 heteroatoms. The van der Waals surface area contributed by atoms with Gasteiger partial charge in [-0.1, -0.05) is 23.8 Å². The molecule has 2 aromatic carbocycles. The van der Waals surface area contributed by atoms with E-state index in [9.17, 15) is 14.4 Å². The maximum Gasteiger partial charge on any atom is 0.253 e. The van der Waals surface area contributed by atoms with E-state index in [0.29, 0.717) is 42.8 Å². The number of amides is 3. The minimum absolute atomic E-state index is 0.00363. The SMILES string of the molecule is COc1cccc(C(=O)N2CCC(C(NC(=O)c3cccc(C)c3)C(=O)N3CCCC3)CC2)c1. The van der Waals surface area contributed by atoms with Crippen LogP contribution in [0.4, 0.5) is 0 Å². The lowest BCUT2D eigenvalue weighted by molar-refractivity contribution is -0.134. The third-order valence-corrected chi connectivity index (χ3v) is 6.87. The fraction of sp³-hybridized carbons (Fsp3) is 0.444. The lowest BCUT2D eigenvalue weighted by Crippen LogP contribution is -2.54. The highest BCUT2D eigenvalue weighted by molar-refractivity contribution is 5.98. The van der Waals surface area contributed by atoms with Gasteiger partial charge in [-0.3, -0.25) is 14.4 Å². The minimum Gasteiger partial charge on any atom is -0.497 e. The average Bonchev–Trinajstić information content (AvgIpc) is 3.42. The Labute approximate surface area is 201 Å². The predicted molar refractivity (Wildman–Crippen MR) is 130 cm³/mol. The number of methoxy groups -OCH3 is 1. The van der Waals surface area contributed by atoms with E-state index in [1.165, 1.54) is 0 Å². The second-order valence-corrected chi connectivity index (χ2v) is 9.21. The first-order chi connectivity index (χ1) is 16.5. The van der Waals surface area contributed by atoms with Crippen molar-refractivity contribution in [2.24, 2.45) is 5.92 Å². The number of hydrogen-bond acceptors (Lipinski definition) is 4. The van der Waals surface area contributed by atoms with E-state index in [0.717, 1.165) is 31.5 Å². The van der Waals surface area contributed by atoms with Crippen LogP contribution in [0.3, 0.4) is 0 Å². The summed E-state index contributed by atoms with van der Waals surface area (Å²) in [6.45, 7) is 4.51. The molecule has 2 aliphatic heterocycles. The third-order valence-electron chi connectivity index (χ3n) is 6.87. The molecule has 0 saturated carbocycles. The Bertz CT molecular complexity index is 1040. The van der Waals surface area contributed by atoms with Crippen LogP contribution in [0.25, 0.3) is 0 Å². The van der Waals surface area contributed by atoms with Crippen LogP contribution < -0.4 is 10.1 Å². The third kappa shape index (κ3) is 5.41. The number of carbonyl (C=O) groups is 3. The van der Waals surface area contributed by atoms with E-state index in [1.807, 2.05) is 47.1 Å². The summed E-state index contributed by atoms with van der Waals surface area (Å²) in [5.41, 5.74) is 2.15. The molecule has 1 N–H and O–H groups in total. The molecule has 7 nitrogen and oxygen atoms in total. The van der Waals surface area contributed by atoms with Crippen LogP contribution in [-0.2, 0) is 4.79 Å². The summed E-state index contributed by atoms with van der Waals surface area (Å²) < 4.78 is 5.24. The number of carbonyl (C=O) groups excluding carboxylic acids is 3. The zero-order valence-corrected chi connectivity index (χ0v) is 20.0. The van der Waals surface area contributed by atoms with Crippen LogP contribution in [0.1, 0.15) is 52.0 Å². The van der Waals surface area contributed by atoms with Crippen LogP contribution in [0.5, 0.6) is 5.75 Å². The summed E-state index contributed by atoms with van der Waals surface area (Å²) >= 11 is 0. The Hall–Kier alpha value is -3.35. The van der Waals surface area contributed by atoms with Crippen molar-refractivity contribution in [2.75, 3.05) is 33.3 Å². The van der Waals surface area contributed by atoms with Crippen molar-refractivity contribution in [1.82, 2.24) is 15.1 Å². The van der Waals surface area contributed by atoms with Gasteiger partial charge in [0.15, 0.2) is 0 Å². The molecule has 2 saturated heterocycles. The molecule has 0 aromatic heterocycles. The van der Waals surface area contributed by atoms with Crippen LogP contribution in [0.15, 0.2) is 48.5 Å². The van der Waals surface area contributed by atoms with Gasteiger partial charge in [0.25, 0.3) is 11.8 Å². The fourth-order valence-corrected chi connectivity index (χ4v) is 4.90. The molecule has 2 fully saturated rings. The van der Waals surface area contributed by atoms with Gasteiger partial charge in [0.1, 0.15) is 11.8 Å². The minimum atomic E-state index is -0.583. The predicted octanol–water partition coefficient (Wildman–Crippen LogP) is 3.28. The van der Waals surface area contributed by atoms with E-state index >= 15 is 0 Å². The highest BCUT2D eigenvalue weighted by atomic mass is 16.5. The number of nitrogens with one attached hydrogen (secondary N) is 1. The number of rotatable bonds is 6. The molecule has 0 bridgehead atoms.